The molecule has 1 saturated heterocycles. The first-order valence-corrected chi connectivity index (χ1v) is 4.31. The molecule has 1 heterocycles. The van der Waals surface area contributed by atoms with Crippen LogP contribution in [0, 0.1) is 0 Å². The lowest BCUT2D eigenvalue weighted by molar-refractivity contribution is -0.169. The Balaban J connectivity index is 2.18. The molecule has 1 amide bonds. The summed E-state index contributed by atoms with van der Waals surface area (Å²) in [5.41, 5.74) is 0. The molecule has 4 heteroatoms. The molecule has 0 aromatic heterocycles. The third kappa shape index (κ3) is 2.79. The van der Waals surface area contributed by atoms with E-state index >= 15 is 0 Å². The van der Waals surface area contributed by atoms with Crippen molar-refractivity contribution in [2.24, 2.45) is 0 Å². The molecule has 0 aromatic carbocycles. The lowest BCUT2D eigenvalue weighted by Crippen LogP contribution is -2.26. The number of carbonyl (C=O) groups is 1. The summed E-state index contributed by atoms with van der Waals surface area (Å²) >= 11 is 0. The van der Waals surface area contributed by atoms with E-state index in [4.69, 9.17) is 9.94 Å². The number of amides is 1. The molecule has 1 rings (SSSR count). The van der Waals surface area contributed by atoms with Crippen LogP contribution in [0.5, 0.6) is 0 Å². The first-order valence-electron chi connectivity index (χ1n) is 4.31. The van der Waals surface area contributed by atoms with E-state index in [1.54, 1.807) is 6.92 Å². The van der Waals surface area contributed by atoms with Gasteiger partial charge in [-0.2, -0.15) is 0 Å². The van der Waals surface area contributed by atoms with Crippen LogP contribution in [0.15, 0.2) is 0 Å². The van der Waals surface area contributed by atoms with Gasteiger partial charge in [0.05, 0.1) is 19.3 Å². The number of nitrogens with zero attached hydrogens (tertiary/aromatic N) is 1. The summed E-state index contributed by atoms with van der Waals surface area (Å²) in [7, 11) is 0. The van der Waals surface area contributed by atoms with Crippen LogP contribution in [0.2, 0.25) is 0 Å². The van der Waals surface area contributed by atoms with Crippen molar-refractivity contribution < 1.29 is 14.7 Å². The van der Waals surface area contributed by atoms with Crippen LogP contribution in [0.3, 0.4) is 0 Å². The number of rotatable bonds is 3. The first kappa shape index (κ1) is 9.48. The summed E-state index contributed by atoms with van der Waals surface area (Å²) in [5, 5.41) is 10.3. The number of hydroxylamine groups is 2. The topological polar surface area (TPSA) is 49.8 Å². The highest BCUT2D eigenvalue weighted by Crippen LogP contribution is 2.08. The van der Waals surface area contributed by atoms with Crippen molar-refractivity contribution in [3.05, 3.63) is 0 Å². The largest absolute Gasteiger partial charge is 0.393 e. The van der Waals surface area contributed by atoms with Gasteiger partial charge in [0.1, 0.15) is 0 Å². The fourth-order valence-corrected chi connectivity index (χ4v) is 1.10. The highest BCUT2D eigenvalue weighted by atomic mass is 16.7. The van der Waals surface area contributed by atoms with E-state index in [2.05, 4.69) is 0 Å². The SMILES string of the molecule is CC(O)CCC(=O)N1CCCO1. The van der Waals surface area contributed by atoms with Crippen LogP contribution >= 0.6 is 0 Å². The van der Waals surface area contributed by atoms with E-state index < -0.39 is 6.10 Å². The maximum absolute atomic E-state index is 11.2. The molecule has 1 aliphatic heterocycles. The van der Waals surface area contributed by atoms with E-state index in [1.165, 1.54) is 5.06 Å². The summed E-state index contributed by atoms with van der Waals surface area (Å²) in [4.78, 5) is 16.3. The van der Waals surface area contributed by atoms with Crippen molar-refractivity contribution in [1.82, 2.24) is 5.06 Å². The molecular formula is C8H15NO3. The predicted octanol–water partition coefficient (Wildman–Crippen LogP) is 0.311. The van der Waals surface area contributed by atoms with Crippen molar-refractivity contribution in [3.63, 3.8) is 0 Å². The monoisotopic (exact) mass is 173 g/mol. The molecule has 0 spiro atoms. The summed E-state index contributed by atoms with van der Waals surface area (Å²) in [6, 6.07) is 0. The molecule has 4 nitrogen and oxygen atoms in total. The zero-order chi connectivity index (χ0) is 8.97. The van der Waals surface area contributed by atoms with Crippen LogP contribution < -0.4 is 0 Å². The van der Waals surface area contributed by atoms with Gasteiger partial charge in [0, 0.05) is 6.42 Å². The molecule has 1 unspecified atom stereocenters. The predicted molar refractivity (Wildman–Crippen MR) is 43.2 cm³/mol. The van der Waals surface area contributed by atoms with Crippen molar-refractivity contribution in [2.45, 2.75) is 32.3 Å². The van der Waals surface area contributed by atoms with Gasteiger partial charge >= 0.3 is 0 Å². The van der Waals surface area contributed by atoms with E-state index in [0.717, 1.165) is 6.42 Å². The molecule has 70 valence electrons. The molecular weight excluding hydrogens is 158 g/mol. The molecule has 1 aliphatic rings. The molecule has 0 saturated carbocycles. The average Bonchev–Trinajstić information content (AvgIpc) is 2.51. The zero-order valence-corrected chi connectivity index (χ0v) is 7.32. The van der Waals surface area contributed by atoms with Crippen molar-refractivity contribution in [2.75, 3.05) is 13.2 Å². The molecule has 12 heavy (non-hydrogen) atoms. The van der Waals surface area contributed by atoms with Crippen LogP contribution in [0.25, 0.3) is 0 Å². The van der Waals surface area contributed by atoms with E-state index in [9.17, 15) is 4.79 Å². The first-order chi connectivity index (χ1) is 5.70. The Kier molecular flexibility index (Phi) is 3.49. The Labute approximate surface area is 72.1 Å². The summed E-state index contributed by atoms with van der Waals surface area (Å²) in [6.07, 6.45) is 1.40. The minimum atomic E-state index is -0.406. The summed E-state index contributed by atoms with van der Waals surface area (Å²) < 4.78 is 0. The second-order valence-electron chi connectivity index (χ2n) is 3.07. The van der Waals surface area contributed by atoms with Gasteiger partial charge in [-0.25, -0.2) is 5.06 Å². The maximum atomic E-state index is 11.2. The Morgan fingerprint density at radius 1 is 1.75 bits per heavy atom. The Morgan fingerprint density at radius 2 is 2.50 bits per heavy atom. The molecule has 0 bridgehead atoms. The molecule has 0 radical (unpaired) electrons. The Hall–Kier alpha value is -0.610. The van der Waals surface area contributed by atoms with Gasteiger partial charge in [0.25, 0.3) is 0 Å². The van der Waals surface area contributed by atoms with Gasteiger partial charge < -0.3 is 5.11 Å². The zero-order valence-electron chi connectivity index (χ0n) is 7.32. The van der Waals surface area contributed by atoms with Gasteiger partial charge in [-0.3, -0.25) is 9.63 Å². The van der Waals surface area contributed by atoms with E-state index in [-0.39, 0.29) is 5.91 Å². The number of aliphatic hydroxyl groups is 1. The third-order valence-corrected chi connectivity index (χ3v) is 1.81. The van der Waals surface area contributed by atoms with Crippen molar-refractivity contribution in [1.29, 1.82) is 0 Å². The van der Waals surface area contributed by atoms with Gasteiger partial charge in [-0.15, -0.1) is 0 Å². The molecule has 1 fully saturated rings. The fourth-order valence-electron chi connectivity index (χ4n) is 1.10. The maximum Gasteiger partial charge on any atom is 0.246 e. The van der Waals surface area contributed by atoms with Crippen molar-refractivity contribution in [3.8, 4) is 0 Å². The second-order valence-corrected chi connectivity index (χ2v) is 3.07. The van der Waals surface area contributed by atoms with Crippen LogP contribution in [0.4, 0.5) is 0 Å². The van der Waals surface area contributed by atoms with Crippen molar-refractivity contribution >= 4 is 5.91 Å². The fraction of sp³-hybridized carbons (Fsp3) is 0.875. The minimum absolute atomic E-state index is 0.0200. The summed E-state index contributed by atoms with van der Waals surface area (Å²) in [6.45, 7) is 3.01. The van der Waals surface area contributed by atoms with Crippen LogP contribution in [0.1, 0.15) is 26.2 Å². The average molecular weight is 173 g/mol. The molecule has 1 N–H and O–H groups in total. The van der Waals surface area contributed by atoms with Crippen LogP contribution in [-0.4, -0.2) is 35.3 Å². The normalized spacial score (nSPS) is 19.7. The van der Waals surface area contributed by atoms with E-state index in [0.29, 0.717) is 26.0 Å². The quantitative estimate of drug-likeness (QED) is 0.668. The molecule has 0 aromatic rings. The third-order valence-electron chi connectivity index (χ3n) is 1.81. The Morgan fingerprint density at radius 3 is 3.00 bits per heavy atom. The number of carbonyl (C=O) groups excluding carboxylic acids is 1. The summed E-state index contributed by atoms with van der Waals surface area (Å²) in [5.74, 6) is -0.0200. The van der Waals surface area contributed by atoms with Gasteiger partial charge in [-0.1, -0.05) is 0 Å². The standard InChI is InChI=1S/C8H15NO3/c1-7(10)3-4-8(11)9-5-2-6-12-9/h7,10H,2-6H2,1H3. The second kappa shape index (κ2) is 4.42. The molecule has 1 atom stereocenters. The smallest absolute Gasteiger partial charge is 0.246 e. The minimum Gasteiger partial charge on any atom is -0.393 e. The highest BCUT2D eigenvalue weighted by Gasteiger charge is 2.18. The number of aliphatic hydroxyl groups excluding tert-OH is 1. The Bertz CT molecular complexity index is 152. The number of hydrogen-bond donors (Lipinski definition) is 1. The van der Waals surface area contributed by atoms with Gasteiger partial charge in [-0.05, 0) is 19.8 Å². The number of hydrogen-bond acceptors (Lipinski definition) is 3. The highest BCUT2D eigenvalue weighted by molar-refractivity contribution is 5.75. The lowest BCUT2D eigenvalue weighted by Gasteiger charge is -2.13. The van der Waals surface area contributed by atoms with Gasteiger partial charge in [0.15, 0.2) is 0 Å². The lowest BCUT2D eigenvalue weighted by atomic mass is 10.2. The van der Waals surface area contributed by atoms with Crippen LogP contribution in [-0.2, 0) is 9.63 Å². The van der Waals surface area contributed by atoms with Gasteiger partial charge in [0.2, 0.25) is 5.91 Å². The molecule has 0 aliphatic carbocycles. The van der Waals surface area contributed by atoms with E-state index in [1.807, 2.05) is 0 Å².